The number of nitrogens with zero attached hydrogens (tertiary/aromatic N) is 1. The first-order chi connectivity index (χ1) is 9.43. The van der Waals surface area contributed by atoms with Gasteiger partial charge in [0.1, 0.15) is 9.84 Å². The molecule has 0 radical (unpaired) electrons. The Morgan fingerprint density at radius 3 is 2.85 bits per heavy atom. The van der Waals surface area contributed by atoms with Crippen molar-refractivity contribution in [1.29, 1.82) is 0 Å². The molecule has 0 saturated heterocycles. The van der Waals surface area contributed by atoms with Gasteiger partial charge in [0.05, 0.1) is 11.9 Å². The third-order valence-electron chi connectivity index (χ3n) is 3.99. The first kappa shape index (κ1) is 15.3. The Bertz CT molecular complexity index is 568. The number of hydrogen-bond acceptors (Lipinski definition) is 4. The molecule has 1 aromatic rings. The first-order valence-corrected chi connectivity index (χ1v) is 8.97. The quantitative estimate of drug-likeness (QED) is 0.871. The lowest BCUT2D eigenvalue weighted by Gasteiger charge is -2.15. The van der Waals surface area contributed by atoms with E-state index in [0.717, 1.165) is 18.5 Å². The maximum Gasteiger partial charge on any atom is 0.150 e. The lowest BCUT2D eigenvalue weighted by atomic mass is 10.0. The Morgan fingerprint density at radius 2 is 2.15 bits per heavy atom. The van der Waals surface area contributed by atoms with Crippen LogP contribution in [0.1, 0.15) is 37.0 Å². The molecule has 112 valence electrons. The van der Waals surface area contributed by atoms with Crippen LogP contribution in [-0.4, -0.2) is 38.6 Å². The molecule has 1 aliphatic rings. The summed E-state index contributed by atoms with van der Waals surface area (Å²) in [6.45, 7) is 2.67. The number of hydrogen-bond donors (Lipinski definition) is 1. The van der Waals surface area contributed by atoms with Crippen LogP contribution in [0.3, 0.4) is 0 Å². The second kappa shape index (κ2) is 6.14. The number of aliphatic hydroxyl groups excluding tert-OH is 1. The van der Waals surface area contributed by atoms with E-state index in [1.54, 1.807) is 6.92 Å². The number of anilines is 1. The summed E-state index contributed by atoms with van der Waals surface area (Å²) in [7, 11) is -0.865. The molecule has 4 nitrogen and oxygen atoms in total. The molecule has 0 amide bonds. The molecule has 0 aliphatic carbocycles. The van der Waals surface area contributed by atoms with Gasteiger partial charge in [0.2, 0.25) is 0 Å². The van der Waals surface area contributed by atoms with Crippen LogP contribution in [-0.2, 0) is 16.3 Å². The summed E-state index contributed by atoms with van der Waals surface area (Å²) in [4.78, 5) is 2.21. The molecule has 20 heavy (non-hydrogen) atoms. The molecular formula is C15H23NO3S. The maximum atomic E-state index is 11.4. The fourth-order valence-corrected chi connectivity index (χ4v) is 3.50. The van der Waals surface area contributed by atoms with Crippen molar-refractivity contribution >= 4 is 15.5 Å². The zero-order valence-corrected chi connectivity index (χ0v) is 13.0. The van der Waals surface area contributed by atoms with E-state index < -0.39 is 15.9 Å². The van der Waals surface area contributed by atoms with Crippen LogP contribution in [0, 0.1) is 0 Å². The summed E-state index contributed by atoms with van der Waals surface area (Å²) < 4.78 is 22.8. The minimum Gasteiger partial charge on any atom is -0.388 e. The van der Waals surface area contributed by atoms with Gasteiger partial charge in [0.15, 0.2) is 0 Å². The van der Waals surface area contributed by atoms with Gasteiger partial charge >= 0.3 is 0 Å². The average Bonchev–Trinajstić information content (AvgIpc) is 2.79. The third-order valence-corrected chi connectivity index (χ3v) is 5.78. The van der Waals surface area contributed by atoms with E-state index in [4.69, 9.17) is 0 Å². The second-order valence-corrected chi connectivity index (χ2v) is 7.93. The molecule has 1 aliphatic heterocycles. The lowest BCUT2D eigenvalue weighted by Crippen LogP contribution is -2.12. The topological polar surface area (TPSA) is 57.6 Å². The Kier molecular flexibility index (Phi) is 4.70. The van der Waals surface area contributed by atoms with Crippen molar-refractivity contribution in [3.05, 3.63) is 29.3 Å². The van der Waals surface area contributed by atoms with Gasteiger partial charge in [-0.25, -0.2) is 8.42 Å². The van der Waals surface area contributed by atoms with Crippen molar-refractivity contribution in [2.24, 2.45) is 0 Å². The summed E-state index contributed by atoms with van der Waals surface area (Å²) in [6, 6.07) is 6.04. The van der Waals surface area contributed by atoms with Crippen molar-refractivity contribution in [3.63, 3.8) is 0 Å². The normalized spacial score (nSPS) is 16.2. The Morgan fingerprint density at radius 1 is 1.40 bits per heavy atom. The predicted molar refractivity (Wildman–Crippen MR) is 81.9 cm³/mol. The molecule has 0 saturated carbocycles. The molecule has 1 atom stereocenters. The molecule has 1 unspecified atom stereocenters. The van der Waals surface area contributed by atoms with E-state index in [-0.39, 0.29) is 11.5 Å². The lowest BCUT2D eigenvalue weighted by molar-refractivity contribution is 0.166. The summed E-state index contributed by atoms with van der Waals surface area (Å²) in [6.07, 6.45) is 1.44. The highest BCUT2D eigenvalue weighted by Gasteiger charge is 2.18. The standard InChI is InChI=1S/C15H23NO3S/c1-3-20(18,19)10-4-5-15(17)13-6-7-14-12(11-13)8-9-16(14)2/h6-7,11,15,17H,3-5,8-10H2,1-2H3. The predicted octanol–water partition coefficient (Wildman–Crippen LogP) is 1.93. The number of fused-ring (bicyclic) bond motifs is 1. The number of sulfone groups is 1. The zero-order chi connectivity index (χ0) is 14.8. The SMILES string of the molecule is CCS(=O)(=O)CCCC(O)c1ccc2c(c1)CCN2C. The summed E-state index contributed by atoms with van der Waals surface area (Å²) in [5.74, 6) is 0.336. The number of benzene rings is 1. The van der Waals surface area contributed by atoms with Crippen molar-refractivity contribution in [1.82, 2.24) is 0 Å². The number of aliphatic hydroxyl groups is 1. The maximum absolute atomic E-state index is 11.4. The van der Waals surface area contributed by atoms with E-state index in [0.29, 0.717) is 12.8 Å². The van der Waals surface area contributed by atoms with Gasteiger partial charge in [-0.3, -0.25) is 0 Å². The first-order valence-electron chi connectivity index (χ1n) is 7.15. The summed E-state index contributed by atoms with van der Waals surface area (Å²) in [5.41, 5.74) is 3.40. The van der Waals surface area contributed by atoms with Crippen molar-refractivity contribution < 1.29 is 13.5 Å². The molecule has 0 fully saturated rings. The number of likely N-dealkylation sites (N-methyl/N-ethyl adjacent to an activating group) is 1. The van der Waals surface area contributed by atoms with Gasteiger partial charge in [-0.15, -0.1) is 0 Å². The summed E-state index contributed by atoms with van der Waals surface area (Å²) >= 11 is 0. The van der Waals surface area contributed by atoms with Crippen LogP contribution in [0.2, 0.25) is 0 Å². The van der Waals surface area contributed by atoms with Crippen molar-refractivity contribution in [3.8, 4) is 0 Å². The summed E-state index contributed by atoms with van der Waals surface area (Å²) in [5, 5.41) is 10.2. The van der Waals surface area contributed by atoms with Gasteiger partial charge in [-0.2, -0.15) is 0 Å². The van der Waals surface area contributed by atoms with Crippen LogP contribution >= 0.6 is 0 Å². The van der Waals surface area contributed by atoms with Crippen LogP contribution in [0.25, 0.3) is 0 Å². The van der Waals surface area contributed by atoms with Gasteiger partial charge < -0.3 is 10.0 Å². The number of rotatable bonds is 6. The average molecular weight is 297 g/mol. The fraction of sp³-hybridized carbons (Fsp3) is 0.600. The van der Waals surface area contributed by atoms with Crippen molar-refractivity contribution in [2.45, 2.75) is 32.3 Å². The molecular weight excluding hydrogens is 274 g/mol. The minimum atomic E-state index is -2.93. The highest BCUT2D eigenvalue weighted by atomic mass is 32.2. The van der Waals surface area contributed by atoms with Gasteiger partial charge in [-0.1, -0.05) is 19.1 Å². The van der Waals surface area contributed by atoms with Crippen LogP contribution < -0.4 is 4.90 Å². The van der Waals surface area contributed by atoms with E-state index in [2.05, 4.69) is 18.0 Å². The monoisotopic (exact) mass is 297 g/mol. The molecule has 1 N–H and O–H groups in total. The van der Waals surface area contributed by atoms with Crippen LogP contribution in [0.5, 0.6) is 0 Å². The molecule has 1 aromatic carbocycles. The molecule has 5 heteroatoms. The van der Waals surface area contributed by atoms with E-state index >= 15 is 0 Å². The van der Waals surface area contributed by atoms with Gasteiger partial charge in [0, 0.05) is 25.0 Å². The van der Waals surface area contributed by atoms with Gasteiger partial charge in [0.25, 0.3) is 0 Å². The molecule has 0 spiro atoms. The van der Waals surface area contributed by atoms with Crippen LogP contribution in [0.15, 0.2) is 18.2 Å². The van der Waals surface area contributed by atoms with Crippen LogP contribution in [0.4, 0.5) is 5.69 Å². The molecule has 0 bridgehead atoms. The molecule has 1 heterocycles. The van der Waals surface area contributed by atoms with E-state index in [1.165, 1.54) is 11.3 Å². The second-order valence-electron chi connectivity index (χ2n) is 5.45. The Hall–Kier alpha value is -1.07. The minimum absolute atomic E-state index is 0.161. The Labute approximate surface area is 121 Å². The molecule has 2 rings (SSSR count). The van der Waals surface area contributed by atoms with E-state index in [1.807, 2.05) is 12.1 Å². The largest absolute Gasteiger partial charge is 0.388 e. The van der Waals surface area contributed by atoms with Crippen molar-refractivity contribution in [2.75, 3.05) is 30.0 Å². The smallest absolute Gasteiger partial charge is 0.150 e. The van der Waals surface area contributed by atoms with E-state index in [9.17, 15) is 13.5 Å². The third kappa shape index (κ3) is 3.52. The molecule has 0 aromatic heterocycles. The fourth-order valence-electron chi connectivity index (χ4n) is 2.60. The highest BCUT2D eigenvalue weighted by Crippen LogP contribution is 2.30. The highest BCUT2D eigenvalue weighted by molar-refractivity contribution is 7.91. The van der Waals surface area contributed by atoms with Gasteiger partial charge in [-0.05, 0) is 36.5 Å². The Balaban J connectivity index is 1.95. The zero-order valence-electron chi connectivity index (χ0n) is 12.2.